The number of rotatable bonds is 4. The molecule has 0 aliphatic rings. The molecule has 102 valence electrons. The molecule has 0 aliphatic heterocycles. The summed E-state index contributed by atoms with van der Waals surface area (Å²) >= 11 is 7.55. The molecular weight excluding hydrogens is 282 g/mol. The second-order valence-electron chi connectivity index (χ2n) is 3.58. The molecule has 19 heavy (non-hydrogen) atoms. The molecule has 0 fully saturated rings. The predicted molar refractivity (Wildman–Crippen MR) is 80.2 cm³/mol. The SMILES string of the molecule is C.O=C(NCCc1cccs1)Oc1ccccc1Cl. The van der Waals surface area contributed by atoms with Crippen LogP contribution < -0.4 is 10.1 Å². The molecule has 1 N–H and O–H groups in total. The Labute approximate surface area is 122 Å². The summed E-state index contributed by atoms with van der Waals surface area (Å²) in [7, 11) is 0. The Hall–Kier alpha value is -1.52. The summed E-state index contributed by atoms with van der Waals surface area (Å²) in [6.45, 7) is 0.545. The maximum absolute atomic E-state index is 11.5. The summed E-state index contributed by atoms with van der Waals surface area (Å²) in [6, 6.07) is 10.9. The van der Waals surface area contributed by atoms with Gasteiger partial charge < -0.3 is 10.1 Å². The van der Waals surface area contributed by atoms with Gasteiger partial charge in [-0.05, 0) is 30.0 Å². The van der Waals surface area contributed by atoms with E-state index in [0.29, 0.717) is 17.3 Å². The van der Waals surface area contributed by atoms with Crippen molar-refractivity contribution in [3.63, 3.8) is 0 Å². The molecule has 0 spiro atoms. The van der Waals surface area contributed by atoms with Crippen molar-refractivity contribution in [1.82, 2.24) is 5.32 Å². The zero-order valence-electron chi connectivity index (χ0n) is 9.56. The molecule has 0 bridgehead atoms. The highest BCUT2D eigenvalue weighted by Gasteiger charge is 2.06. The van der Waals surface area contributed by atoms with Gasteiger partial charge in [0.2, 0.25) is 0 Å². The van der Waals surface area contributed by atoms with Crippen LogP contribution in [0.3, 0.4) is 0 Å². The topological polar surface area (TPSA) is 38.3 Å². The number of carbonyl (C=O) groups excluding carboxylic acids is 1. The lowest BCUT2D eigenvalue weighted by atomic mass is 10.3. The number of hydrogen-bond donors (Lipinski definition) is 1. The third-order valence-electron chi connectivity index (χ3n) is 2.26. The molecule has 0 unspecified atom stereocenters. The van der Waals surface area contributed by atoms with E-state index in [1.54, 1.807) is 35.6 Å². The predicted octanol–water partition coefficient (Wildman–Crippen LogP) is 4.37. The number of para-hydroxylation sites is 1. The molecule has 0 saturated carbocycles. The maximum Gasteiger partial charge on any atom is 0.412 e. The van der Waals surface area contributed by atoms with Crippen LogP contribution in [0.1, 0.15) is 12.3 Å². The minimum atomic E-state index is -0.486. The van der Waals surface area contributed by atoms with Crippen LogP contribution in [0.5, 0.6) is 5.75 Å². The fourth-order valence-electron chi connectivity index (χ4n) is 1.41. The first kappa shape index (κ1) is 15.5. The van der Waals surface area contributed by atoms with Gasteiger partial charge in [0.05, 0.1) is 5.02 Å². The van der Waals surface area contributed by atoms with Gasteiger partial charge in [-0.2, -0.15) is 0 Å². The van der Waals surface area contributed by atoms with Crippen LogP contribution in [0.4, 0.5) is 4.79 Å². The molecule has 1 amide bonds. The van der Waals surface area contributed by atoms with Crippen LogP contribution in [0.2, 0.25) is 5.02 Å². The summed E-state index contributed by atoms with van der Waals surface area (Å²) < 4.78 is 5.09. The summed E-state index contributed by atoms with van der Waals surface area (Å²) in [5.74, 6) is 0.368. The van der Waals surface area contributed by atoms with Crippen LogP contribution in [-0.4, -0.2) is 12.6 Å². The van der Waals surface area contributed by atoms with E-state index in [4.69, 9.17) is 16.3 Å². The van der Waals surface area contributed by atoms with Crippen molar-refractivity contribution in [2.45, 2.75) is 13.8 Å². The largest absolute Gasteiger partial charge is 0.412 e. The van der Waals surface area contributed by atoms with Crippen LogP contribution in [0.15, 0.2) is 41.8 Å². The van der Waals surface area contributed by atoms with Crippen molar-refractivity contribution in [3.8, 4) is 5.75 Å². The Balaban J connectivity index is 0.00000180. The minimum Gasteiger partial charge on any atom is -0.409 e. The molecule has 0 atom stereocenters. The van der Waals surface area contributed by atoms with Crippen molar-refractivity contribution in [2.75, 3.05) is 6.54 Å². The van der Waals surface area contributed by atoms with Crippen molar-refractivity contribution in [3.05, 3.63) is 51.7 Å². The van der Waals surface area contributed by atoms with E-state index in [2.05, 4.69) is 5.32 Å². The van der Waals surface area contributed by atoms with Crippen LogP contribution >= 0.6 is 22.9 Å². The van der Waals surface area contributed by atoms with Gasteiger partial charge in [0.15, 0.2) is 5.75 Å². The molecule has 0 aliphatic carbocycles. The van der Waals surface area contributed by atoms with Crippen molar-refractivity contribution in [1.29, 1.82) is 0 Å². The number of ether oxygens (including phenoxy) is 1. The molecule has 0 radical (unpaired) electrons. The van der Waals surface area contributed by atoms with Crippen molar-refractivity contribution in [2.24, 2.45) is 0 Å². The number of halogens is 1. The number of hydrogen-bond acceptors (Lipinski definition) is 3. The highest BCUT2D eigenvalue weighted by atomic mass is 35.5. The summed E-state index contributed by atoms with van der Waals surface area (Å²) in [5, 5.41) is 5.12. The first-order chi connectivity index (χ1) is 8.75. The molecule has 2 aromatic rings. The highest BCUT2D eigenvalue weighted by Crippen LogP contribution is 2.22. The lowest BCUT2D eigenvalue weighted by Gasteiger charge is -2.07. The lowest BCUT2D eigenvalue weighted by Crippen LogP contribution is -2.28. The molecule has 1 aromatic heterocycles. The number of benzene rings is 1. The van der Waals surface area contributed by atoms with E-state index in [9.17, 15) is 4.79 Å². The standard InChI is InChI=1S/C13H12ClNO2S.CH4/c14-11-5-1-2-6-12(11)17-13(16)15-8-7-10-4-3-9-18-10;/h1-6,9H,7-8H2,(H,15,16);1H4. The minimum absolute atomic E-state index is 0. The second-order valence-corrected chi connectivity index (χ2v) is 5.02. The Morgan fingerprint density at radius 1 is 1.26 bits per heavy atom. The van der Waals surface area contributed by atoms with E-state index in [1.807, 2.05) is 17.5 Å². The maximum atomic E-state index is 11.5. The molecule has 2 rings (SSSR count). The fourth-order valence-corrected chi connectivity index (χ4v) is 2.29. The van der Waals surface area contributed by atoms with Gasteiger partial charge in [-0.25, -0.2) is 4.79 Å². The third-order valence-corrected chi connectivity index (χ3v) is 3.51. The zero-order chi connectivity index (χ0) is 12.8. The van der Waals surface area contributed by atoms with Gasteiger partial charge in [0.25, 0.3) is 0 Å². The van der Waals surface area contributed by atoms with E-state index >= 15 is 0 Å². The second kappa shape index (κ2) is 7.81. The highest BCUT2D eigenvalue weighted by molar-refractivity contribution is 7.09. The fraction of sp³-hybridized carbons (Fsp3) is 0.214. The van der Waals surface area contributed by atoms with Gasteiger partial charge in [0.1, 0.15) is 0 Å². The van der Waals surface area contributed by atoms with Gasteiger partial charge >= 0.3 is 6.09 Å². The Morgan fingerprint density at radius 2 is 2.05 bits per heavy atom. The zero-order valence-corrected chi connectivity index (χ0v) is 11.1. The van der Waals surface area contributed by atoms with Crippen molar-refractivity contribution < 1.29 is 9.53 Å². The molecule has 1 aromatic carbocycles. The van der Waals surface area contributed by atoms with E-state index < -0.39 is 6.09 Å². The van der Waals surface area contributed by atoms with E-state index in [1.165, 1.54) is 4.88 Å². The van der Waals surface area contributed by atoms with Crippen LogP contribution in [-0.2, 0) is 6.42 Å². The summed E-state index contributed by atoms with van der Waals surface area (Å²) in [6.07, 6.45) is 0.314. The number of thiophene rings is 1. The molecule has 0 saturated heterocycles. The Morgan fingerprint density at radius 3 is 2.74 bits per heavy atom. The van der Waals surface area contributed by atoms with E-state index in [-0.39, 0.29) is 7.43 Å². The Bertz CT molecular complexity index is 514. The van der Waals surface area contributed by atoms with Crippen molar-refractivity contribution >= 4 is 29.0 Å². The molecular formula is C14H16ClNO2S. The number of nitrogens with one attached hydrogen (secondary N) is 1. The van der Waals surface area contributed by atoms with Crippen LogP contribution in [0.25, 0.3) is 0 Å². The quantitative estimate of drug-likeness (QED) is 0.910. The third kappa shape index (κ3) is 4.93. The smallest absolute Gasteiger partial charge is 0.409 e. The van der Waals surface area contributed by atoms with Gasteiger partial charge in [-0.1, -0.05) is 37.2 Å². The van der Waals surface area contributed by atoms with Gasteiger partial charge in [0, 0.05) is 11.4 Å². The first-order valence-electron chi connectivity index (χ1n) is 5.48. The van der Waals surface area contributed by atoms with Crippen LogP contribution in [0, 0.1) is 0 Å². The molecule has 3 nitrogen and oxygen atoms in total. The summed E-state index contributed by atoms with van der Waals surface area (Å²) in [5.41, 5.74) is 0. The van der Waals surface area contributed by atoms with Gasteiger partial charge in [-0.15, -0.1) is 11.3 Å². The normalized spacial score (nSPS) is 9.53. The average Bonchev–Trinajstić information content (AvgIpc) is 2.85. The molecule has 1 heterocycles. The Kier molecular flexibility index (Phi) is 6.39. The lowest BCUT2D eigenvalue weighted by molar-refractivity contribution is 0.200. The monoisotopic (exact) mass is 297 g/mol. The summed E-state index contributed by atoms with van der Waals surface area (Å²) in [4.78, 5) is 12.7. The number of amides is 1. The van der Waals surface area contributed by atoms with Gasteiger partial charge in [-0.3, -0.25) is 0 Å². The average molecular weight is 298 g/mol. The number of carbonyl (C=O) groups is 1. The molecule has 5 heteroatoms. The first-order valence-corrected chi connectivity index (χ1v) is 6.74. The van der Waals surface area contributed by atoms with E-state index in [0.717, 1.165) is 6.42 Å².